The first-order chi connectivity index (χ1) is 13.3. The van der Waals surface area contributed by atoms with E-state index in [0.717, 1.165) is 18.8 Å². The van der Waals surface area contributed by atoms with E-state index in [1.165, 1.54) is 21.7 Å². The molecule has 142 valence electrons. The largest absolute Gasteiger partial charge is 0.491 e. The molecular weight excluding hydrogens is 354 g/mol. The minimum absolute atomic E-state index is 0.345. The fourth-order valence-corrected chi connectivity index (χ4v) is 4.57. The van der Waals surface area contributed by atoms with E-state index in [1.807, 2.05) is 6.92 Å². The summed E-state index contributed by atoms with van der Waals surface area (Å²) < 4.78 is 11.2. The molecule has 2 aromatic carbocycles. The maximum Gasteiger partial charge on any atom is 0.119 e. The Bertz CT molecular complexity index is 803. The van der Waals surface area contributed by atoms with Crippen LogP contribution in [0.25, 0.3) is 0 Å². The van der Waals surface area contributed by atoms with Crippen molar-refractivity contribution < 1.29 is 9.47 Å². The van der Waals surface area contributed by atoms with Gasteiger partial charge in [-0.2, -0.15) is 0 Å². The van der Waals surface area contributed by atoms with Crippen molar-refractivity contribution in [3.05, 3.63) is 65.7 Å². The third kappa shape index (κ3) is 3.87. The number of anilines is 1. The second-order valence-corrected chi connectivity index (χ2v) is 7.92. The Morgan fingerprint density at radius 1 is 1.11 bits per heavy atom. The third-order valence-electron chi connectivity index (χ3n) is 5.51. The average molecular weight is 382 g/mol. The van der Waals surface area contributed by atoms with Crippen LogP contribution in [0.15, 0.2) is 59.5 Å². The van der Waals surface area contributed by atoms with Gasteiger partial charge in [0.2, 0.25) is 0 Å². The molecule has 3 unspecified atom stereocenters. The smallest absolute Gasteiger partial charge is 0.119 e. The molecule has 0 amide bonds. The van der Waals surface area contributed by atoms with Crippen LogP contribution in [0.4, 0.5) is 5.69 Å². The summed E-state index contributed by atoms with van der Waals surface area (Å²) in [5.41, 5.74) is 3.94. The quantitative estimate of drug-likeness (QED) is 0.381. The van der Waals surface area contributed by atoms with E-state index in [4.69, 9.17) is 9.47 Å². The van der Waals surface area contributed by atoms with Gasteiger partial charge in [0, 0.05) is 23.1 Å². The number of thioether (sulfide) groups is 1. The molecule has 3 atom stereocenters. The molecule has 1 aliphatic heterocycles. The number of fused-ring (bicyclic) bond motifs is 3. The van der Waals surface area contributed by atoms with Gasteiger partial charge in [-0.1, -0.05) is 24.3 Å². The van der Waals surface area contributed by atoms with Gasteiger partial charge in [0.1, 0.15) is 12.4 Å². The summed E-state index contributed by atoms with van der Waals surface area (Å²) in [6.45, 7) is 3.95. The monoisotopic (exact) mass is 381 g/mol. The zero-order chi connectivity index (χ0) is 18.6. The van der Waals surface area contributed by atoms with Crippen molar-refractivity contribution in [2.45, 2.75) is 30.2 Å². The van der Waals surface area contributed by atoms with Crippen molar-refractivity contribution in [1.29, 1.82) is 0 Å². The summed E-state index contributed by atoms with van der Waals surface area (Å²) in [5.74, 6) is 1.93. The molecule has 27 heavy (non-hydrogen) atoms. The summed E-state index contributed by atoms with van der Waals surface area (Å²) in [7, 11) is 0. The fourth-order valence-electron chi connectivity index (χ4n) is 4.17. The molecular formula is C23H27NO2S. The lowest BCUT2D eigenvalue weighted by Gasteiger charge is -2.37. The molecule has 4 heteroatoms. The first kappa shape index (κ1) is 18.5. The lowest BCUT2D eigenvalue weighted by molar-refractivity contribution is 0.110. The highest BCUT2D eigenvalue weighted by atomic mass is 32.2. The Morgan fingerprint density at radius 3 is 2.74 bits per heavy atom. The van der Waals surface area contributed by atoms with E-state index in [9.17, 15) is 0 Å². The predicted molar refractivity (Wildman–Crippen MR) is 113 cm³/mol. The molecule has 0 fully saturated rings. The number of rotatable bonds is 7. The molecule has 3 nitrogen and oxygen atoms in total. The third-order valence-corrected chi connectivity index (χ3v) is 6.25. The van der Waals surface area contributed by atoms with Gasteiger partial charge in [0.25, 0.3) is 0 Å². The van der Waals surface area contributed by atoms with Gasteiger partial charge < -0.3 is 14.8 Å². The minimum Gasteiger partial charge on any atom is -0.491 e. The zero-order valence-electron chi connectivity index (χ0n) is 16.0. The topological polar surface area (TPSA) is 30.5 Å². The van der Waals surface area contributed by atoms with Gasteiger partial charge in [-0.05, 0) is 67.0 Å². The van der Waals surface area contributed by atoms with Crippen LogP contribution in [0.1, 0.15) is 36.4 Å². The van der Waals surface area contributed by atoms with E-state index in [2.05, 4.69) is 66.2 Å². The van der Waals surface area contributed by atoms with Crippen LogP contribution in [-0.2, 0) is 4.74 Å². The Kier molecular flexibility index (Phi) is 5.74. The molecule has 0 aromatic heterocycles. The molecule has 4 rings (SSSR count). The number of hydrogen-bond donors (Lipinski definition) is 1. The van der Waals surface area contributed by atoms with E-state index in [-0.39, 0.29) is 0 Å². The molecule has 1 aliphatic carbocycles. The lowest BCUT2D eigenvalue weighted by atomic mass is 9.77. The Balaban J connectivity index is 1.56. The van der Waals surface area contributed by atoms with Crippen LogP contribution in [0.3, 0.4) is 0 Å². The highest BCUT2D eigenvalue weighted by Crippen LogP contribution is 2.50. The van der Waals surface area contributed by atoms with E-state index in [1.54, 1.807) is 11.8 Å². The Labute approximate surface area is 166 Å². The molecule has 0 saturated heterocycles. The first-order valence-corrected chi connectivity index (χ1v) is 10.9. The second kappa shape index (κ2) is 8.41. The van der Waals surface area contributed by atoms with E-state index in [0.29, 0.717) is 31.1 Å². The van der Waals surface area contributed by atoms with Gasteiger partial charge >= 0.3 is 0 Å². The molecule has 0 radical (unpaired) electrons. The Morgan fingerprint density at radius 2 is 1.96 bits per heavy atom. The van der Waals surface area contributed by atoms with Crippen molar-refractivity contribution in [2.75, 3.05) is 31.4 Å². The van der Waals surface area contributed by atoms with Gasteiger partial charge in [-0.25, -0.2) is 0 Å². The van der Waals surface area contributed by atoms with E-state index < -0.39 is 0 Å². The number of benzene rings is 2. The van der Waals surface area contributed by atoms with Crippen LogP contribution in [0.2, 0.25) is 0 Å². The maximum absolute atomic E-state index is 5.88. The molecule has 0 bridgehead atoms. The summed E-state index contributed by atoms with van der Waals surface area (Å²) in [4.78, 5) is 1.31. The molecule has 2 aliphatic rings. The van der Waals surface area contributed by atoms with Crippen molar-refractivity contribution >= 4 is 17.4 Å². The van der Waals surface area contributed by atoms with Gasteiger partial charge in [-0.3, -0.25) is 0 Å². The van der Waals surface area contributed by atoms with Crippen molar-refractivity contribution in [3.8, 4) is 5.75 Å². The van der Waals surface area contributed by atoms with E-state index >= 15 is 0 Å². The summed E-state index contributed by atoms with van der Waals surface area (Å²) in [6.07, 6.45) is 7.94. The lowest BCUT2D eigenvalue weighted by Crippen LogP contribution is -2.29. The van der Waals surface area contributed by atoms with Gasteiger partial charge in [0.15, 0.2) is 0 Å². The highest BCUT2D eigenvalue weighted by Gasteiger charge is 2.37. The SMILES string of the molecule is CCOCCOc1ccc2c(c1)C1C=CCC1C(c1ccc(SC)cc1)N2. The highest BCUT2D eigenvalue weighted by molar-refractivity contribution is 7.98. The summed E-state index contributed by atoms with van der Waals surface area (Å²) in [5, 5.41) is 3.80. The molecule has 0 spiro atoms. The first-order valence-electron chi connectivity index (χ1n) is 9.71. The molecule has 2 aromatic rings. The molecule has 1 N–H and O–H groups in total. The molecule has 0 saturated carbocycles. The number of allylic oxidation sites excluding steroid dienone is 2. The number of nitrogens with one attached hydrogen (secondary N) is 1. The van der Waals surface area contributed by atoms with Gasteiger partial charge in [-0.15, -0.1) is 11.8 Å². The van der Waals surface area contributed by atoms with Crippen molar-refractivity contribution in [3.63, 3.8) is 0 Å². The normalized spacial score (nSPS) is 22.8. The maximum atomic E-state index is 5.88. The summed E-state index contributed by atoms with van der Waals surface area (Å²) in [6, 6.07) is 15.8. The number of ether oxygens (including phenoxy) is 2. The standard InChI is InChI=1S/C23H27NO2S/c1-3-25-13-14-26-17-9-12-22-21(15-17)19-5-4-6-20(19)23(24-22)16-7-10-18(27-2)11-8-16/h4-5,7-12,15,19-20,23-24H,3,6,13-14H2,1-2H3. The van der Waals surface area contributed by atoms with Crippen molar-refractivity contribution in [2.24, 2.45) is 5.92 Å². The van der Waals surface area contributed by atoms with Crippen LogP contribution in [-0.4, -0.2) is 26.1 Å². The minimum atomic E-state index is 0.345. The van der Waals surface area contributed by atoms with Gasteiger partial charge in [0.05, 0.1) is 12.6 Å². The van der Waals surface area contributed by atoms with Crippen LogP contribution >= 0.6 is 11.8 Å². The fraction of sp³-hybridized carbons (Fsp3) is 0.391. The van der Waals surface area contributed by atoms with Crippen molar-refractivity contribution in [1.82, 2.24) is 0 Å². The number of hydrogen-bond acceptors (Lipinski definition) is 4. The summed E-state index contributed by atoms with van der Waals surface area (Å²) >= 11 is 1.79. The zero-order valence-corrected chi connectivity index (χ0v) is 16.8. The van der Waals surface area contributed by atoms with Crippen LogP contribution in [0, 0.1) is 5.92 Å². The van der Waals surface area contributed by atoms with Crippen LogP contribution in [0.5, 0.6) is 5.75 Å². The Hall–Kier alpha value is -1.91. The van der Waals surface area contributed by atoms with Crippen LogP contribution < -0.4 is 10.1 Å². The second-order valence-electron chi connectivity index (χ2n) is 7.04. The molecule has 1 heterocycles. The average Bonchev–Trinajstić information content (AvgIpc) is 3.21. The predicted octanol–water partition coefficient (Wildman–Crippen LogP) is 5.65.